The monoisotopic (exact) mass is 234 g/mol. The lowest BCUT2D eigenvalue weighted by Crippen LogP contribution is -2.19. The molecule has 0 amide bonds. The first kappa shape index (κ1) is 11.6. The van der Waals surface area contributed by atoms with Gasteiger partial charge in [0, 0.05) is 6.92 Å². The standard InChI is InChI=1S/C12H14N2O3/c1-10-13-14(12(15)17-10)7-8-16-9-11-5-3-2-4-6-11/h2-6H,7-9H2,1H3. The third-order valence-corrected chi connectivity index (χ3v) is 2.27. The average molecular weight is 234 g/mol. The third kappa shape index (κ3) is 3.29. The van der Waals surface area contributed by atoms with Crippen molar-refractivity contribution in [1.29, 1.82) is 0 Å². The summed E-state index contributed by atoms with van der Waals surface area (Å²) in [6.07, 6.45) is 0. The van der Waals surface area contributed by atoms with Gasteiger partial charge in [0.25, 0.3) is 0 Å². The maximum Gasteiger partial charge on any atom is 0.437 e. The highest BCUT2D eigenvalue weighted by Crippen LogP contribution is 2.00. The Morgan fingerprint density at radius 1 is 1.35 bits per heavy atom. The minimum Gasteiger partial charge on any atom is -0.393 e. The van der Waals surface area contributed by atoms with E-state index in [0.717, 1.165) is 5.56 Å². The second-order valence-electron chi connectivity index (χ2n) is 3.65. The number of rotatable bonds is 5. The molecule has 0 N–H and O–H groups in total. The van der Waals surface area contributed by atoms with E-state index in [1.54, 1.807) is 6.92 Å². The summed E-state index contributed by atoms with van der Waals surface area (Å²) in [6, 6.07) is 9.87. The third-order valence-electron chi connectivity index (χ3n) is 2.27. The summed E-state index contributed by atoms with van der Waals surface area (Å²) >= 11 is 0. The number of hydrogen-bond donors (Lipinski definition) is 0. The first-order chi connectivity index (χ1) is 8.25. The van der Waals surface area contributed by atoms with E-state index in [1.807, 2.05) is 30.3 Å². The molecule has 1 aromatic carbocycles. The molecule has 0 unspecified atom stereocenters. The molecule has 5 heteroatoms. The molecule has 17 heavy (non-hydrogen) atoms. The predicted octanol–water partition coefficient (Wildman–Crippen LogP) is 1.36. The van der Waals surface area contributed by atoms with Gasteiger partial charge in [-0.15, -0.1) is 5.10 Å². The summed E-state index contributed by atoms with van der Waals surface area (Å²) in [5.41, 5.74) is 1.11. The van der Waals surface area contributed by atoms with Crippen LogP contribution in [0.15, 0.2) is 39.5 Å². The highest BCUT2D eigenvalue weighted by Gasteiger charge is 2.02. The van der Waals surface area contributed by atoms with Crippen LogP contribution in [0.5, 0.6) is 0 Å². The maximum atomic E-state index is 11.2. The fraction of sp³-hybridized carbons (Fsp3) is 0.333. The van der Waals surface area contributed by atoms with Crippen LogP contribution in [0, 0.1) is 6.92 Å². The molecule has 0 aliphatic heterocycles. The average Bonchev–Trinajstić information content (AvgIpc) is 2.65. The minimum atomic E-state index is -0.439. The van der Waals surface area contributed by atoms with Crippen molar-refractivity contribution in [3.63, 3.8) is 0 Å². The highest BCUT2D eigenvalue weighted by molar-refractivity contribution is 5.13. The molecule has 0 saturated carbocycles. The van der Waals surface area contributed by atoms with E-state index < -0.39 is 5.76 Å². The number of benzene rings is 1. The largest absolute Gasteiger partial charge is 0.437 e. The van der Waals surface area contributed by atoms with Crippen molar-refractivity contribution in [1.82, 2.24) is 9.78 Å². The van der Waals surface area contributed by atoms with Crippen LogP contribution in [0.2, 0.25) is 0 Å². The van der Waals surface area contributed by atoms with Crippen LogP contribution < -0.4 is 5.76 Å². The molecule has 0 aliphatic carbocycles. The van der Waals surface area contributed by atoms with Crippen LogP contribution in [-0.2, 0) is 17.9 Å². The molecule has 5 nitrogen and oxygen atoms in total. The molecule has 0 bridgehead atoms. The Kier molecular flexibility index (Phi) is 3.72. The van der Waals surface area contributed by atoms with E-state index in [9.17, 15) is 4.79 Å². The van der Waals surface area contributed by atoms with Crippen LogP contribution >= 0.6 is 0 Å². The predicted molar refractivity (Wildman–Crippen MR) is 61.6 cm³/mol. The van der Waals surface area contributed by atoms with Gasteiger partial charge in [0.15, 0.2) is 0 Å². The van der Waals surface area contributed by atoms with Gasteiger partial charge in [-0.1, -0.05) is 30.3 Å². The summed E-state index contributed by atoms with van der Waals surface area (Å²) in [5, 5.41) is 3.91. The van der Waals surface area contributed by atoms with Crippen LogP contribution in [0.1, 0.15) is 11.5 Å². The van der Waals surface area contributed by atoms with Gasteiger partial charge in [-0.05, 0) is 5.56 Å². The molecule has 2 aromatic rings. The fourth-order valence-corrected chi connectivity index (χ4v) is 1.47. The second-order valence-corrected chi connectivity index (χ2v) is 3.65. The highest BCUT2D eigenvalue weighted by atomic mass is 16.5. The lowest BCUT2D eigenvalue weighted by Gasteiger charge is -2.03. The van der Waals surface area contributed by atoms with E-state index in [4.69, 9.17) is 9.15 Å². The van der Waals surface area contributed by atoms with Gasteiger partial charge < -0.3 is 9.15 Å². The zero-order chi connectivity index (χ0) is 12.1. The fourth-order valence-electron chi connectivity index (χ4n) is 1.47. The second kappa shape index (κ2) is 5.45. The Bertz CT molecular complexity index is 516. The number of nitrogens with zero attached hydrogens (tertiary/aromatic N) is 2. The van der Waals surface area contributed by atoms with Gasteiger partial charge in [-0.2, -0.15) is 4.68 Å². The van der Waals surface area contributed by atoms with Gasteiger partial charge in [0.2, 0.25) is 5.89 Å². The molecular weight excluding hydrogens is 220 g/mol. The van der Waals surface area contributed by atoms with Gasteiger partial charge in [-0.25, -0.2) is 4.79 Å². The molecule has 0 saturated heterocycles. The Balaban J connectivity index is 1.77. The van der Waals surface area contributed by atoms with Crippen molar-refractivity contribution in [2.24, 2.45) is 0 Å². The smallest absolute Gasteiger partial charge is 0.393 e. The van der Waals surface area contributed by atoms with E-state index >= 15 is 0 Å². The first-order valence-corrected chi connectivity index (χ1v) is 5.42. The number of ether oxygens (including phenoxy) is 1. The van der Waals surface area contributed by atoms with Crippen molar-refractivity contribution in [2.75, 3.05) is 6.61 Å². The van der Waals surface area contributed by atoms with Crippen LogP contribution in [0.3, 0.4) is 0 Å². The molecule has 2 rings (SSSR count). The normalized spacial score (nSPS) is 10.6. The quantitative estimate of drug-likeness (QED) is 0.733. The Morgan fingerprint density at radius 2 is 2.12 bits per heavy atom. The van der Waals surface area contributed by atoms with Crippen LogP contribution in [0.25, 0.3) is 0 Å². The van der Waals surface area contributed by atoms with Gasteiger partial charge in [0.05, 0.1) is 19.8 Å². The summed E-state index contributed by atoms with van der Waals surface area (Å²) in [4.78, 5) is 11.2. The van der Waals surface area contributed by atoms with Gasteiger partial charge >= 0.3 is 5.76 Å². The summed E-state index contributed by atoms with van der Waals surface area (Å²) < 4.78 is 11.5. The summed E-state index contributed by atoms with van der Waals surface area (Å²) in [6.45, 7) is 3.01. The van der Waals surface area contributed by atoms with Crippen LogP contribution in [-0.4, -0.2) is 16.4 Å². The number of aromatic nitrogens is 2. The Morgan fingerprint density at radius 3 is 2.76 bits per heavy atom. The van der Waals surface area contributed by atoms with Crippen molar-refractivity contribution < 1.29 is 9.15 Å². The topological polar surface area (TPSA) is 57.3 Å². The first-order valence-electron chi connectivity index (χ1n) is 5.42. The van der Waals surface area contributed by atoms with Crippen molar-refractivity contribution >= 4 is 0 Å². The van der Waals surface area contributed by atoms with Gasteiger partial charge in [0.1, 0.15) is 0 Å². The van der Waals surface area contributed by atoms with Crippen LogP contribution in [0.4, 0.5) is 0 Å². The van der Waals surface area contributed by atoms with Crippen molar-refractivity contribution in [3.8, 4) is 0 Å². The molecule has 0 fully saturated rings. The van der Waals surface area contributed by atoms with E-state index in [2.05, 4.69) is 5.10 Å². The molecule has 1 aromatic heterocycles. The number of aryl methyl sites for hydroxylation is 1. The lowest BCUT2D eigenvalue weighted by molar-refractivity contribution is 0.109. The molecule has 0 aliphatic rings. The molecule has 1 heterocycles. The molecule has 0 radical (unpaired) electrons. The zero-order valence-corrected chi connectivity index (χ0v) is 9.63. The van der Waals surface area contributed by atoms with Crippen molar-refractivity contribution in [2.45, 2.75) is 20.1 Å². The molecule has 0 atom stereocenters. The Labute approximate surface area is 98.6 Å². The minimum absolute atomic E-state index is 0.373. The summed E-state index contributed by atoms with van der Waals surface area (Å²) in [5.74, 6) is -0.0659. The molecule has 90 valence electrons. The van der Waals surface area contributed by atoms with Crippen molar-refractivity contribution in [3.05, 3.63) is 52.3 Å². The van der Waals surface area contributed by atoms with E-state index in [1.165, 1.54) is 4.68 Å². The molecule has 0 spiro atoms. The number of hydrogen-bond acceptors (Lipinski definition) is 4. The summed E-state index contributed by atoms with van der Waals surface area (Å²) in [7, 11) is 0. The van der Waals surface area contributed by atoms with E-state index in [-0.39, 0.29) is 0 Å². The SMILES string of the molecule is Cc1nn(CCOCc2ccccc2)c(=O)o1. The lowest BCUT2D eigenvalue weighted by atomic mass is 10.2. The maximum absolute atomic E-state index is 11.2. The Hall–Kier alpha value is -1.88. The molecular formula is C12H14N2O3. The van der Waals surface area contributed by atoms with Gasteiger partial charge in [-0.3, -0.25) is 0 Å². The van der Waals surface area contributed by atoms with E-state index in [0.29, 0.717) is 25.6 Å². The zero-order valence-electron chi connectivity index (χ0n) is 9.63.